The predicted octanol–water partition coefficient (Wildman–Crippen LogP) is 6.99. The number of rotatable bonds is 5. The van der Waals surface area contributed by atoms with E-state index in [2.05, 4.69) is 15.3 Å². The van der Waals surface area contributed by atoms with Gasteiger partial charge in [0.25, 0.3) is 5.91 Å². The minimum atomic E-state index is -4.49. The molecule has 37 heavy (non-hydrogen) atoms. The Labute approximate surface area is 220 Å². The fourth-order valence-corrected chi connectivity index (χ4v) is 3.75. The van der Waals surface area contributed by atoms with Gasteiger partial charge in [0.05, 0.1) is 17.8 Å². The monoisotopic (exact) mass is 542 g/mol. The number of alkyl halides is 3. The summed E-state index contributed by atoms with van der Waals surface area (Å²) in [5.41, 5.74) is 9.05. The molecule has 4 aromatic rings. The van der Waals surface area contributed by atoms with E-state index in [-0.39, 0.29) is 18.1 Å². The van der Waals surface area contributed by atoms with Crippen molar-refractivity contribution in [3.63, 3.8) is 0 Å². The second-order valence-corrected chi connectivity index (χ2v) is 8.86. The van der Waals surface area contributed by atoms with Gasteiger partial charge >= 0.3 is 6.18 Å². The third-order valence-electron chi connectivity index (χ3n) is 5.37. The molecule has 0 saturated carbocycles. The molecule has 1 aromatic heterocycles. The first-order valence-electron chi connectivity index (χ1n) is 10.9. The molecule has 0 unspecified atom stereocenters. The summed E-state index contributed by atoms with van der Waals surface area (Å²) < 4.78 is 38.2. The molecule has 0 aliphatic carbocycles. The Kier molecular flexibility index (Phi) is 7.80. The van der Waals surface area contributed by atoms with E-state index in [0.717, 1.165) is 52.2 Å². The van der Waals surface area contributed by atoms with E-state index in [0.29, 0.717) is 10.0 Å². The summed E-state index contributed by atoms with van der Waals surface area (Å²) in [5, 5.41) is 3.59. The molecule has 0 aliphatic heterocycles. The van der Waals surface area contributed by atoms with E-state index in [1.165, 1.54) is 0 Å². The van der Waals surface area contributed by atoms with Crippen LogP contribution in [0.15, 0.2) is 90.1 Å². The quantitative estimate of drug-likeness (QED) is 0.211. The number of nitrogens with zero attached hydrogens (tertiary/aromatic N) is 2. The average Bonchev–Trinajstić information content (AvgIpc) is 2.88. The summed E-state index contributed by atoms with van der Waals surface area (Å²) in [4.78, 5) is 21.1. The van der Waals surface area contributed by atoms with E-state index in [1.54, 1.807) is 30.5 Å². The Morgan fingerprint density at radius 1 is 0.892 bits per heavy atom. The van der Waals surface area contributed by atoms with Gasteiger partial charge in [-0.1, -0.05) is 47.5 Å². The van der Waals surface area contributed by atoms with Crippen LogP contribution in [-0.4, -0.2) is 16.9 Å². The molecule has 0 atom stereocenters. The summed E-state index contributed by atoms with van der Waals surface area (Å²) in [5.74, 6) is -0.854. The van der Waals surface area contributed by atoms with Crippen LogP contribution in [0.25, 0.3) is 22.4 Å². The van der Waals surface area contributed by atoms with Gasteiger partial charge in [-0.05, 0) is 65.7 Å². The maximum Gasteiger partial charge on any atom is 0.416 e. The normalized spacial score (nSPS) is 11.9. The number of benzene rings is 3. The second-order valence-electron chi connectivity index (χ2n) is 7.98. The van der Waals surface area contributed by atoms with Crippen molar-refractivity contribution >= 4 is 35.1 Å². The zero-order valence-electron chi connectivity index (χ0n) is 19.1. The number of aromatic nitrogens is 1. The number of hydrogen-bond acceptors (Lipinski definition) is 3. The molecule has 1 heterocycles. The number of carbonyl (C=O) groups excluding carboxylic acids is 1. The van der Waals surface area contributed by atoms with Gasteiger partial charge in [0, 0.05) is 32.9 Å². The van der Waals surface area contributed by atoms with Gasteiger partial charge in [0.2, 0.25) is 0 Å². The number of guanidine groups is 1. The summed E-state index contributed by atoms with van der Waals surface area (Å²) in [7, 11) is 0. The molecule has 4 rings (SSSR count). The van der Waals surface area contributed by atoms with Crippen LogP contribution in [0.4, 0.5) is 13.2 Å². The molecule has 0 bridgehead atoms. The molecular weight excluding hydrogens is 524 g/mol. The first-order chi connectivity index (χ1) is 17.6. The van der Waals surface area contributed by atoms with Crippen LogP contribution >= 0.6 is 23.2 Å². The maximum atomic E-state index is 12.7. The number of aliphatic imine (C=N–C) groups is 1. The number of amides is 1. The Morgan fingerprint density at radius 3 is 2.03 bits per heavy atom. The van der Waals surface area contributed by atoms with Crippen molar-refractivity contribution in [2.45, 2.75) is 12.7 Å². The third kappa shape index (κ3) is 6.67. The molecule has 1 amide bonds. The number of halogens is 5. The number of nitrogens with one attached hydrogen (secondary N) is 1. The largest absolute Gasteiger partial charge is 0.416 e. The highest BCUT2D eigenvalue weighted by atomic mass is 35.5. The Hall–Kier alpha value is -3.88. The standard InChI is InChI=1S/C27H19Cl2F3N4O/c28-21-9-3-17(4-10-21)23-13-16(14-34-24(23)18-5-11-22(29)12-6-18)15-35-26(33)36-25(37)19-1-7-20(8-2-19)27(30,31)32/h1-14H,15H2,(H3,33,35,36,37). The molecule has 0 radical (unpaired) electrons. The van der Waals surface area contributed by atoms with Crippen molar-refractivity contribution in [2.24, 2.45) is 10.7 Å². The molecule has 0 aliphatic rings. The first kappa shape index (κ1) is 26.2. The first-order valence-corrected chi connectivity index (χ1v) is 11.6. The lowest BCUT2D eigenvalue weighted by Gasteiger charge is -2.12. The molecule has 5 nitrogen and oxygen atoms in total. The number of pyridine rings is 1. The van der Waals surface area contributed by atoms with Crippen LogP contribution in [-0.2, 0) is 12.7 Å². The molecule has 188 valence electrons. The summed E-state index contributed by atoms with van der Waals surface area (Å²) >= 11 is 12.1. The molecule has 3 aromatic carbocycles. The fraction of sp³-hybridized carbons (Fsp3) is 0.0741. The SMILES string of the molecule is NC(=NCc1cnc(-c2ccc(Cl)cc2)c(-c2ccc(Cl)cc2)c1)NC(=O)c1ccc(C(F)(F)F)cc1. The summed E-state index contributed by atoms with van der Waals surface area (Å²) in [6.45, 7) is 0.105. The Bertz CT molecular complexity index is 1440. The molecule has 3 N–H and O–H groups in total. The lowest BCUT2D eigenvalue weighted by atomic mass is 9.98. The summed E-state index contributed by atoms with van der Waals surface area (Å²) in [6, 6.07) is 20.3. The van der Waals surface area contributed by atoms with Gasteiger partial charge in [0.1, 0.15) is 0 Å². The van der Waals surface area contributed by atoms with Crippen LogP contribution < -0.4 is 11.1 Å². The zero-order chi connectivity index (χ0) is 26.6. The number of carbonyl (C=O) groups is 1. The summed E-state index contributed by atoms with van der Waals surface area (Å²) in [6.07, 6.45) is -2.84. The van der Waals surface area contributed by atoms with Crippen molar-refractivity contribution in [1.29, 1.82) is 0 Å². The van der Waals surface area contributed by atoms with Crippen molar-refractivity contribution < 1.29 is 18.0 Å². The Balaban J connectivity index is 1.54. The highest BCUT2D eigenvalue weighted by Crippen LogP contribution is 2.33. The van der Waals surface area contributed by atoms with Gasteiger partial charge in [-0.25, -0.2) is 4.99 Å². The number of hydrogen-bond donors (Lipinski definition) is 2. The van der Waals surface area contributed by atoms with E-state index in [1.807, 2.05) is 30.3 Å². The van der Waals surface area contributed by atoms with E-state index >= 15 is 0 Å². The molecular formula is C27H19Cl2F3N4O. The van der Waals surface area contributed by atoms with Gasteiger partial charge in [-0.2, -0.15) is 13.2 Å². The van der Waals surface area contributed by atoms with Crippen LogP contribution in [0, 0.1) is 0 Å². The Morgan fingerprint density at radius 2 is 1.46 bits per heavy atom. The molecule has 0 saturated heterocycles. The van der Waals surface area contributed by atoms with E-state index in [9.17, 15) is 18.0 Å². The van der Waals surface area contributed by atoms with E-state index in [4.69, 9.17) is 28.9 Å². The smallest absolute Gasteiger partial charge is 0.370 e. The van der Waals surface area contributed by atoms with Crippen molar-refractivity contribution in [3.8, 4) is 22.4 Å². The minimum Gasteiger partial charge on any atom is -0.370 e. The van der Waals surface area contributed by atoms with E-state index < -0.39 is 17.6 Å². The lowest BCUT2D eigenvalue weighted by molar-refractivity contribution is -0.137. The van der Waals surface area contributed by atoms with Crippen molar-refractivity contribution in [2.75, 3.05) is 0 Å². The highest BCUT2D eigenvalue weighted by Gasteiger charge is 2.30. The topological polar surface area (TPSA) is 80.4 Å². The molecule has 10 heteroatoms. The highest BCUT2D eigenvalue weighted by molar-refractivity contribution is 6.31. The van der Waals surface area contributed by atoms with Crippen LogP contribution in [0.5, 0.6) is 0 Å². The van der Waals surface area contributed by atoms with Crippen molar-refractivity contribution in [1.82, 2.24) is 10.3 Å². The predicted molar refractivity (Wildman–Crippen MR) is 139 cm³/mol. The average molecular weight is 543 g/mol. The number of nitrogens with two attached hydrogens (primary N) is 1. The minimum absolute atomic E-state index is 0.0187. The third-order valence-corrected chi connectivity index (χ3v) is 5.87. The van der Waals surface area contributed by atoms with Gasteiger partial charge in [-0.15, -0.1) is 0 Å². The van der Waals surface area contributed by atoms with Gasteiger partial charge in [-0.3, -0.25) is 15.1 Å². The van der Waals surface area contributed by atoms with Gasteiger partial charge in [0.15, 0.2) is 5.96 Å². The second kappa shape index (κ2) is 11.0. The van der Waals surface area contributed by atoms with Gasteiger partial charge < -0.3 is 5.73 Å². The van der Waals surface area contributed by atoms with Crippen LogP contribution in [0.2, 0.25) is 10.0 Å². The van der Waals surface area contributed by atoms with Crippen LogP contribution in [0.1, 0.15) is 21.5 Å². The maximum absolute atomic E-state index is 12.7. The fourth-order valence-electron chi connectivity index (χ4n) is 3.50. The molecule has 0 fully saturated rings. The van der Waals surface area contributed by atoms with Crippen LogP contribution in [0.3, 0.4) is 0 Å². The zero-order valence-corrected chi connectivity index (χ0v) is 20.6. The molecule has 0 spiro atoms. The van der Waals surface area contributed by atoms with Crippen molar-refractivity contribution in [3.05, 3.63) is 112 Å². The lowest BCUT2D eigenvalue weighted by Crippen LogP contribution is -2.36.